The molecule has 0 aliphatic carbocycles. The molecule has 21 nitrogen and oxygen atoms in total. The Morgan fingerprint density at radius 3 is 1.45 bits per heavy atom. The van der Waals surface area contributed by atoms with Crippen molar-refractivity contribution in [1.82, 2.24) is 10.6 Å². The fourth-order valence-corrected chi connectivity index (χ4v) is 12.7. The number of nitrogens with one attached hydrogen (secondary N) is 2. The minimum Gasteiger partial charge on any atom is -0.388 e. The van der Waals surface area contributed by atoms with E-state index in [2.05, 4.69) is 50.5 Å². The Bertz CT molecular complexity index is 1900. The van der Waals surface area contributed by atoms with Crippen molar-refractivity contribution in [2.75, 3.05) is 40.6 Å². The predicted molar refractivity (Wildman–Crippen MR) is 347 cm³/mol. The molecule has 2 heterocycles. The molecule has 0 bridgehead atoms. The van der Waals surface area contributed by atoms with Gasteiger partial charge in [0.25, 0.3) is 0 Å². The molecule has 0 aromatic rings. The lowest BCUT2D eigenvalue weighted by Crippen LogP contribution is -2.67. The summed E-state index contributed by atoms with van der Waals surface area (Å²) < 4.78 is 79.3. The fourth-order valence-electron chi connectivity index (χ4n) is 11.7. The van der Waals surface area contributed by atoms with Crippen LogP contribution in [-0.4, -0.2) is 150 Å². The third kappa shape index (κ3) is 41.0. The number of allylic oxidation sites excluding steroid dienone is 2. The first-order chi connectivity index (χ1) is 42.9. The summed E-state index contributed by atoms with van der Waals surface area (Å²) in [7, 11) is -7.69. The van der Waals surface area contributed by atoms with Gasteiger partial charge in [0.05, 0.1) is 25.7 Å². The van der Waals surface area contributed by atoms with E-state index in [1.54, 1.807) is 7.11 Å². The second kappa shape index (κ2) is 52.5. The van der Waals surface area contributed by atoms with Crippen molar-refractivity contribution < 1.29 is 90.4 Å². The van der Waals surface area contributed by atoms with Gasteiger partial charge in [-0.05, 0) is 57.8 Å². The van der Waals surface area contributed by atoms with Gasteiger partial charge in [-0.2, -0.15) is 0 Å². The van der Waals surface area contributed by atoms with Crippen LogP contribution in [0.2, 0.25) is 0 Å². The normalized spacial score (nSPS) is 22.9. The van der Waals surface area contributed by atoms with Gasteiger partial charge in [-0.15, -0.1) is 0 Å². The monoisotopic (exact) mass is 1310 g/mol. The van der Waals surface area contributed by atoms with Crippen LogP contribution in [0.25, 0.3) is 0 Å². The predicted octanol–water partition coefficient (Wildman–Crippen LogP) is 13.6. The van der Waals surface area contributed by atoms with Gasteiger partial charge < -0.3 is 68.5 Å². The maximum atomic E-state index is 14.1. The van der Waals surface area contributed by atoms with E-state index >= 15 is 0 Å². The number of carbonyl (C=O) groups excluding carboxylic acids is 3. The van der Waals surface area contributed by atoms with Crippen LogP contribution < -0.4 is 10.6 Å². The number of hydrogen-bond donors (Lipinski definition) is 7. The topological polar surface area (TPSA) is 294 Å². The van der Waals surface area contributed by atoms with Crippen LogP contribution >= 0.6 is 15.6 Å². The van der Waals surface area contributed by atoms with Crippen LogP contribution in [0.3, 0.4) is 0 Å². The molecule has 89 heavy (non-hydrogen) atoms. The second-order valence-corrected chi connectivity index (χ2v) is 27.2. The van der Waals surface area contributed by atoms with Crippen molar-refractivity contribution in [1.29, 1.82) is 0 Å². The molecule has 524 valence electrons. The molecule has 11 atom stereocenters. The van der Waals surface area contributed by atoms with Crippen molar-refractivity contribution in [2.45, 2.75) is 352 Å². The van der Waals surface area contributed by atoms with Crippen molar-refractivity contribution >= 4 is 33.2 Å². The molecule has 2 rings (SSSR count). The van der Waals surface area contributed by atoms with Crippen LogP contribution in [0.1, 0.15) is 285 Å². The maximum absolute atomic E-state index is 14.1. The lowest BCUT2D eigenvalue weighted by Gasteiger charge is -2.47. The molecular formula is C66H126N2O19P2. The molecular weight excluding hydrogens is 1190 g/mol. The van der Waals surface area contributed by atoms with Crippen molar-refractivity contribution in [3.8, 4) is 0 Å². The number of ether oxygens (including phenoxy) is 7. The highest BCUT2D eigenvalue weighted by molar-refractivity contribution is 7.46. The van der Waals surface area contributed by atoms with E-state index in [-0.39, 0.29) is 44.5 Å². The molecule has 0 radical (unpaired) electrons. The van der Waals surface area contributed by atoms with E-state index in [1.807, 2.05) is 0 Å². The lowest BCUT2D eigenvalue weighted by atomic mass is 9.95. The molecule has 2 saturated heterocycles. The molecule has 7 N–H and O–H groups in total. The number of phosphoric ester groups is 2. The number of carbonyl (C=O) groups is 3. The number of hydrogen-bond acceptors (Lipinski definition) is 15. The molecule has 2 amide bonds. The van der Waals surface area contributed by atoms with Crippen LogP contribution in [-0.2, 0) is 65.7 Å². The fraction of sp³-hybridized carbons (Fsp3) is 0.924. The average molecular weight is 1310 g/mol. The molecule has 1 unspecified atom stereocenters. The molecule has 2 aliphatic rings. The maximum Gasteiger partial charge on any atom is 0.472 e. The number of amides is 2. The quantitative estimate of drug-likeness (QED) is 0.0129. The Hall–Kier alpha value is -1.75. The van der Waals surface area contributed by atoms with E-state index in [9.17, 15) is 48.2 Å². The van der Waals surface area contributed by atoms with Crippen LogP contribution in [0.5, 0.6) is 0 Å². The summed E-state index contributed by atoms with van der Waals surface area (Å²) in [5, 5.41) is 17.9. The summed E-state index contributed by atoms with van der Waals surface area (Å²) in [6.45, 7) is 7.91. The number of Topliss-reactive ketones (excluding diaryl/α,β-unsaturated/α-hetero) is 1. The SMILES string of the molecule is CCCCCC/C=C\CCCCCCCCCC(=O)N[C@H]1[C@H](OC[C@H]2O[C@H](OP(=O)(O)O)[C@H](NC(=O)CC(=O)CCCCCCCCCCC)[C@@H](OCCCCCCCCCC)[C@@H]2O)O[C@H](COC)C(OP(=O)(O)O)[C@@H]1OCC[C@@H](CCCCCCC)OC. The third-order valence-electron chi connectivity index (χ3n) is 16.8. The number of ketones is 1. The molecule has 0 saturated carbocycles. The van der Waals surface area contributed by atoms with E-state index in [1.165, 1.54) is 58.5 Å². The summed E-state index contributed by atoms with van der Waals surface area (Å²) >= 11 is 0. The highest BCUT2D eigenvalue weighted by Crippen LogP contribution is 2.44. The Balaban J connectivity index is 2.45. The van der Waals surface area contributed by atoms with Gasteiger partial charge >= 0.3 is 15.6 Å². The summed E-state index contributed by atoms with van der Waals surface area (Å²) in [5.74, 6) is -1.52. The number of phosphoric acid groups is 2. The van der Waals surface area contributed by atoms with Gasteiger partial charge in [0.2, 0.25) is 11.8 Å². The number of aliphatic hydroxyl groups is 1. The zero-order chi connectivity index (χ0) is 65.4. The van der Waals surface area contributed by atoms with Gasteiger partial charge in [0.1, 0.15) is 54.5 Å². The first kappa shape index (κ1) is 83.3. The second-order valence-electron chi connectivity index (χ2n) is 24.8. The molecule has 0 aromatic heterocycles. The summed E-state index contributed by atoms with van der Waals surface area (Å²) in [6, 6.07) is -2.84. The van der Waals surface area contributed by atoms with Crippen LogP contribution in [0, 0.1) is 0 Å². The van der Waals surface area contributed by atoms with Gasteiger partial charge in [-0.1, -0.05) is 220 Å². The number of methoxy groups -OCH3 is 2. The minimum atomic E-state index is -5.39. The molecule has 23 heteroatoms. The van der Waals surface area contributed by atoms with Crippen molar-refractivity contribution in [3.05, 3.63) is 12.2 Å². The zero-order valence-electron chi connectivity index (χ0n) is 56.0. The average Bonchev–Trinajstić information content (AvgIpc) is 0.966. The van der Waals surface area contributed by atoms with E-state index in [4.69, 9.17) is 42.2 Å². The Morgan fingerprint density at radius 1 is 0.472 bits per heavy atom. The largest absolute Gasteiger partial charge is 0.472 e. The van der Waals surface area contributed by atoms with E-state index in [0.717, 1.165) is 161 Å². The van der Waals surface area contributed by atoms with E-state index < -0.39 is 102 Å². The third-order valence-corrected chi connectivity index (χ3v) is 17.8. The summed E-state index contributed by atoms with van der Waals surface area (Å²) in [4.78, 5) is 82.2. The molecule has 2 fully saturated rings. The number of rotatable bonds is 59. The standard InChI is InChI=1S/C66H126N2O19P2/c1-7-11-15-19-22-25-26-27-28-29-30-32-34-38-42-46-57(70)67-60-64(82-49-47-54(80-6)45-41-36-18-14-10-4)62(86-88(73,74)75)56(51-79-5)85-65(60)83-52-55-61(72)63(81-48-43-39-35-24-21-17-13-9-3)59(66(84-55)87-89(76,77)78)68-58(71)50-53(69)44-40-37-33-31-23-20-16-12-8-2/h25-26,54-56,59-66,72H,7-24,27-52H2,1-6H3,(H,67,70)(H,68,71)(H2,73,74,75)(H2,76,77,78)/b26-25-/t54-,55-,56-,59-,60-,61-,62?,63-,64-,65-,66-/m1/s1. The van der Waals surface area contributed by atoms with Gasteiger partial charge in [0, 0.05) is 40.3 Å². The highest BCUT2D eigenvalue weighted by Gasteiger charge is 2.53. The van der Waals surface area contributed by atoms with Crippen LogP contribution in [0.15, 0.2) is 12.2 Å². The van der Waals surface area contributed by atoms with Crippen molar-refractivity contribution in [3.63, 3.8) is 0 Å². The van der Waals surface area contributed by atoms with Crippen molar-refractivity contribution in [2.24, 2.45) is 0 Å². The number of aliphatic hydroxyl groups excluding tert-OH is 1. The zero-order valence-corrected chi connectivity index (χ0v) is 57.8. The highest BCUT2D eigenvalue weighted by atomic mass is 31.2. The Kier molecular flexibility index (Phi) is 49.2. The Labute approximate surface area is 536 Å². The first-order valence-corrected chi connectivity index (χ1v) is 38.1. The van der Waals surface area contributed by atoms with Gasteiger partial charge in [-0.3, -0.25) is 23.4 Å². The van der Waals surface area contributed by atoms with E-state index in [0.29, 0.717) is 25.7 Å². The van der Waals surface area contributed by atoms with Gasteiger partial charge in [0.15, 0.2) is 12.6 Å². The smallest absolute Gasteiger partial charge is 0.388 e. The lowest BCUT2D eigenvalue weighted by molar-refractivity contribution is -0.301. The summed E-state index contributed by atoms with van der Waals surface area (Å²) in [6.07, 6.45) is 29.6. The number of unbranched alkanes of at least 4 members (excludes halogenated alkanes) is 30. The molecule has 2 aliphatic heterocycles. The minimum absolute atomic E-state index is 0.00889. The van der Waals surface area contributed by atoms with Crippen LogP contribution in [0.4, 0.5) is 0 Å². The molecule has 0 spiro atoms. The Morgan fingerprint density at radius 2 is 0.921 bits per heavy atom. The first-order valence-electron chi connectivity index (χ1n) is 35.0. The van der Waals surface area contributed by atoms with Gasteiger partial charge in [-0.25, -0.2) is 9.13 Å². The summed E-state index contributed by atoms with van der Waals surface area (Å²) in [5.41, 5.74) is 0. The molecule has 0 aromatic carbocycles.